The van der Waals surface area contributed by atoms with Crippen LogP contribution in [0.15, 0.2) is 32.5 Å². The fourth-order valence-electron chi connectivity index (χ4n) is 2.34. The van der Waals surface area contributed by atoms with Crippen LogP contribution in [0.1, 0.15) is 31.0 Å². The fraction of sp³-hybridized carbons (Fsp3) is 0.375. The highest BCUT2D eigenvalue weighted by Crippen LogP contribution is 2.20. The first kappa shape index (κ1) is 22.1. The van der Waals surface area contributed by atoms with Gasteiger partial charge in [0.15, 0.2) is 11.5 Å². The van der Waals surface area contributed by atoms with Crippen molar-refractivity contribution in [1.82, 2.24) is 10.3 Å². The third-order valence-corrected chi connectivity index (χ3v) is 6.94. The number of thiol groups is 1. The largest absolute Gasteiger partial charge is 0.411 e. The molecule has 0 aliphatic carbocycles. The summed E-state index contributed by atoms with van der Waals surface area (Å²) in [6.07, 6.45) is 0.621. The lowest BCUT2D eigenvalue weighted by Crippen LogP contribution is -2.28. The van der Waals surface area contributed by atoms with Crippen molar-refractivity contribution in [2.75, 3.05) is 23.4 Å². The Labute approximate surface area is 171 Å². The first-order valence-corrected chi connectivity index (χ1v) is 11.5. The molecule has 1 aromatic carbocycles. The first-order chi connectivity index (χ1) is 13.3. The van der Waals surface area contributed by atoms with Crippen molar-refractivity contribution in [3.8, 4) is 0 Å². The van der Waals surface area contributed by atoms with Crippen molar-refractivity contribution in [2.45, 2.75) is 19.8 Å². The van der Waals surface area contributed by atoms with E-state index >= 15 is 0 Å². The van der Waals surface area contributed by atoms with Gasteiger partial charge in [0.1, 0.15) is 11.5 Å². The smallest absolute Gasteiger partial charge is 0.200 e. The molecule has 0 saturated heterocycles. The van der Waals surface area contributed by atoms with E-state index in [4.69, 9.17) is 20.0 Å². The van der Waals surface area contributed by atoms with Crippen LogP contribution in [0, 0.1) is 16.0 Å². The summed E-state index contributed by atoms with van der Waals surface area (Å²) in [7, 11) is -2.10. The molecule has 2 aromatic rings. The summed E-state index contributed by atoms with van der Waals surface area (Å²) in [6, 6.07) is 4.19. The van der Waals surface area contributed by atoms with E-state index in [1.807, 2.05) is 6.92 Å². The summed E-state index contributed by atoms with van der Waals surface area (Å²) in [6.45, 7) is 2.41. The van der Waals surface area contributed by atoms with Gasteiger partial charge >= 0.3 is 0 Å². The number of hydrogen-bond acceptors (Lipinski definition) is 8. The van der Waals surface area contributed by atoms with E-state index in [1.165, 1.54) is 18.2 Å². The highest BCUT2D eigenvalue weighted by atomic mass is 79.9. The molecular weight excluding hydrogens is 453 g/mol. The molecule has 0 aliphatic rings. The van der Waals surface area contributed by atoms with Gasteiger partial charge < -0.3 is 15.9 Å². The molecular formula is C16H23BrFN7O2S. The first-order valence-electron chi connectivity index (χ1n) is 8.48. The highest BCUT2D eigenvalue weighted by molar-refractivity contribution is 9.10. The number of hydrogen-bond donors (Lipinski definition) is 6. The van der Waals surface area contributed by atoms with Crippen LogP contribution in [0.3, 0.4) is 0 Å². The van der Waals surface area contributed by atoms with Crippen LogP contribution in [0.2, 0.25) is 0 Å². The van der Waals surface area contributed by atoms with Crippen molar-refractivity contribution in [1.29, 1.82) is 10.2 Å². The van der Waals surface area contributed by atoms with Crippen LogP contribution in [-0.2, 0) is 10.0 Å². The maximum Gasteiger partial charge on any atom is 0.200 e. The van der Waals surface area contributed by atoms with E-state index in [1.54, 1.807) is 0 Å². The van der Waals surface area contributed by atoms with E-state index in [9.17, 15) is 9.60 Å². The molecule has 1 aromatic heterocycles. The number of halogens is 2. The fourth-order valence-corrected chi connectivity index (χ4v) is 3.76. The molecule has 0 unspecified atom stereocenters. The Morgan fingerprint density at radius 3 is 2.86 bits per heavy atom. The molecule has 0 amide bonds. The zero-order chi connectivity index (χ0) is 20.7. The predicted molar refractivity (Wildman–Crippen MR) is 112 cm³/mol. The molecule has 2 rings (SSSR count). The van der Waals surface area contributed by atoms with E-state index < -0.39 is 15.8 Å². The van der Waals surface area contributed by atoms with Gasteiger partial charge in [-0.15, -0.1) is 0 Å². The minimum absolute atomic E-state index is 0.0581. The van der Waals surface area contributed by atoms with Crippen molar-refractivity contribution in [2.24, 2.45) is 10.3 Å². The molecule has 6 N–H and O–H groups in total. The molecule has 154 valence electrons. The molecule has 1 heterocycles. The van der Waals surface area contributed by atoms with E-state index in [0.29, 0.717) is 30.0 Å². The molecule has 9 nitrogen and oxygen atoms in total. The van der Waals surface area contributed by atoms with Gasteiger partial charge in [-0.1, -0.05) is 18.1 Å². The van der Waals surface area contributed by atoms with Crippen LogP contribution < -0.4 is 10.5 Å². The average molecular weight is 476 g/mol. The van der Waals surface area contributed by atoms with Gasteiger partial charge in [0.25, 0.3) is 0 Å². The number of oxime groups is 1. The molecule has 0 bridgehead atoms. The maximum atomic E-state index is 13.4. The number of nitrogens with zero attached hydrogens (tertiary/aromatic N) is 3. The SMILES string of the molecule is CC[SH](=N)(N)CCCNc1nonc1/C(CC(=N)c1ccc(F)c(Br)c1)=N/O. The average Bonchev–Trinajstić information content (AvgIpc) is 3.13. The molecule has 0 spiro atoms. The Morgan fingerprint density at radius 1 is 1.46 bits per heavy atom. The Kier molecular flexibility index (Phi) is 7.78. The number of benzene rings is 1. The van der Waals surface area contributed by atoms with Gasteiger partial charge in [-0.25, -0.2) is 9.02 Å². The lowest BCUT2D eigenvalue weighted by Gasteiger charge is -2.19. The number of nitrogens with two attached hydrogens (primary N) is 1. The maximum absolute atomic E-state index is 13.4. The van der Waals surface area contributed by atoms with E-state index in [2.05, 4.69) is 36.7 Å². The molecule has 0 aliphatic heterocycles. The predicted octanol–water partition coefficient (Wildman–Crippen LogP) is 2.95. The lowest BCUT2D eigenvalue weighted by atomic mass is 10.0. The summed E-state index contributed by atoms with van der Waals surface area (Å²) in [4.78, 5) is 0. The van der Waals surface area contributed by atoms with Crippen molar-refractivity contribution >= 4 is 43.2 Å². The molecule has 28 heavy (non-hydrogen) atoms. The van der Waals surface area contributed by atoms with Gasteiger partial charge in [-0.2, -0.15) is 10.0 Å². The number of rotatable bonds is 10. The minimum Gasteiger partial charge on any atom is -0.411 e. The second kappa shape index (κ2) is 9.85. The Hall–Kier alpha value is -2.18. The van der Waals surface area contributed by atoms with Crippen LogP contribution >= 0.6 is 15.9 Å². The number of nitrogens with one attached hydrogen (secondary N) is 3. The van der Waals surface area contributed by atoms with Gasteiger partial charge in [-0.3, -0.25) is 9.92 Å². The van der Waals surface area contributed by atoms with E-state index in [-0.39, 0.29) is 33.8 Å². The monoisotopic (exact) mass is 475 g/mol. The summed E-state index contributed by atoms with van der Waals surface area (Å²) >= 11 is 3.08. The minimum atomic E-state index is -2.10. The topological polar surface area (TPSA) is 157 Å². The molecule has 0 fully saturated rings. The van der Waals surface area contributed by atoms with E-state index in [0.717, 1.165) is 0 Å². The third-order valence-electron chi connectivity index (χ3n) is 4.09. The normalized spacial score (nSPS) is 12.8. The third kappa shape index (κ3) is 5.91. The molecule has 0 atom stereocenters. The quantitative estimate of drug-likeness (QED) is 0.102. The zero-order valence-electron chi connectivity index (χ0n) is 15.2. The summed E-state index contributed by atoms with van der Waals surface area (Å²) in [5, 5.41) is 37.2. The Balaban J connectivity index is 2.03. The summed E-state index contributed by atoms with van der Waals surface area (Å²) in [5.74, 6) is 1.12. The highest BCUT2D eigenvalue weighted by Gasteiger charge is 2.19. The molecule has 0 radical (unpaired) electrons. The Bertz CT molecular complexity index is 918. The van der Waals surface area contributed by atoms with Crippen LogP contribution in [0.5, 0.6) is 0 Å². The van der Waals surface area contributed by atoms with Gasteiger partial charge in [0, 0.05) is 18.7 Å². The van der Waals surface area contributed by atoms with Crippen molar-refractivity contribution in [3.63, 3.8) is 0 Å². The standard InChI is InChI=1S/C16H23BrFN7O2S/c1-2-28(20,21)7-3-6-22-16-15(24-27-25-16)14(23-26)9-13(19)10-4-5-12(18)11(17)8-10/h4-5,8,19,26,28H,2-3,6-7,9H2,1H3,(H3,20,21)(H,22,25)/b19-13?,23-14+. The zero-order valence-corrected chi connectivity index (χ0v) is 17.7. The van der Waals surface area contributed by atoms with Gasteiger partial charge in [-0.05, 0) is 61.9 Å². The number of aromatic nitrogens is 2. The summed E-state index contributed by atoms with van der Waals surface area (Å²) in [5.41, 5.74) is 0.850. The second-order valence-corrected chi connectivity index (χ2v) is 10.1. The van der Waals surface area contributed by atoms with Crippen molar-refractivity contribution in [3.05, 3.63) is 39.7 Å². The Morgan fingerprint density at radius 2 is 2.21 bits per heavy atom. The molecule has 0 saturated carbocycles. The van der Waals surface area contributed by atoms with Crippen LogP contribution in [-0.4, -0.2) is 45.0 Å². The molecule has 12 heteroatoms. The van der Waals surface area contributed by atoms with Crippen LogP contribution in [0.4, 0.5) is 10.2 Å². The number of anilines is 1. The van der Waals surface area contributed by atoms with Crippen molar-refractivity contribution < 1.29 is 14.2 Å². The van der Waals surface area contributed by atoms with Gasteiger partial charge in [0.2, 0.25) is 0 Å². The summed E-state index contributed by atoms with van der Waals surface area (Å²) < 4.78 is 26.3. The van der Waals surface area contributed by atoms with Crippen LogP contribution in [0.25, 0.3) is 0 Å². The lowest BCUT2D eigenvalue weighted by molar-refractivity contribution is 0.304. The van der Waals surface area contributed by atoms with Gasteiger partial charge in [0.05, 0.1) is 4.47 Å². The second-order valence-electron chi connectivity index (χ2n) is 6.15.